The lowest BCUT2D eigenvalue weighted by Gasteiger charge is -2.33. The first kappa shape index (κ1) is 24.5. The molecule has 2 fully saturated rings. The van der Waals surface area contributed by atoms with Crippen molar-refractivity contribution in [2.24, 2.45) is 11.7 Å². The van der Waals surface area contributed by atoms with Crippen LogP contribution in [-0.4, -0.2) is 42.0 Å². The number of hydrogen-bond acceptors (Lipinski definition) is 5. The van der Waals surface area contributed by atoms with Gasteiger partial charge < -0.3 is 21.3 Å². The van der Waals surface area contributed by atoms with Gasteiger partial charge in [-0.15, -0.1) is 24.8 Å². The molecule has 28 heavy (non-hydrogen) atoms. The number of rotatable bonds is 6. The van der Waals surface area contributed by atoms with Crippen LogP contribution in [0.25, 0.3) is 0 Å². The van der Waals surface area contributed by atoms with Crippen LogP contribution in [-0.2, 0) is 16.1 Å². The molecule has 0 aliphatic carbocycles. The fraction of sp³-hybridized carbons (Fsp3) is 0.632. The minimum atomic E-state index is -0.428. The van der Waals surface area contributed by atoms with Crippen LogP contribution in [0, 0.1) is 5.92 Å². The van der Waals surface area contributed by atoms with E-state index in [0.717, 1.165) is 63.1 Å². The van der Waals surface area contributed by atoms with Crippen LogP contribution in [0.3, 0.4) is 0 Å². The van der Waals surface area contributed by atoms with Crippen molar-refractivity contribution in [2.45, 2.75) is 51.1 Å². The molecule has 4 N–H and O–H groups in total. The van der Waals surface area contributed by atoms with E-state index in [1.165, 1.54) is 0 Å². The summed E-state index contributed by atoms with van der Waals surface area (Å²) in [5.74, 6) is 0.698. The standard InChI is InChI=1S/C19H29N5O2.2ClH/c1-2-19(8-4-10-23-19)18(26)22-13-15-5-3-9-21-17(15)24-11-6-14(7-12-24)16(20)25;;/h3,5,9,14,23H,2,4,6-8,10-13H2,1H3,(H2,20,25)(H,22,26);2*1H. The summed E-state index contributed by atoms with van der Waals surface area (Å²) in [6.07, 6.45) is 5.98. The van der Waals surface area contributed by atoms with Crippen molar-refractivity contribution in [3.8, 4) is 0 Å². The van der Waals surface area contributed by atoms with Crippen LogP contribution < -0.4 is 21.3 Å². The summed E-state index contributed by atoms with van der Waals surface area (Å²) in [4.78, 5) is 30.8. The second kappa shape index (κ2) is 10.8. The molecule has 1 aromatic rings. The first-order valence-electron chi connectivity index (χ1n) is 9.57. The summed E-state index contributed by atoms with van der Waals surface area (Å²) in [5, 5.41) is 6.46. The van der Waals surface area contributed by atoms with Gasteiger partial charge in [-0.05, 0) is 44.7 Å². The van der Waals surface area contributed by atoms with Crippen molar-refractivity contribution in [2.75, 3.05) is 24.5 Å². The summed E-state index contributed by atoms with van der Waals surface area (Å²) in [5.41, 5.74) is 6.00. The first-order chi connectivity index (χ1) is 12.6. The molecule has 0 saturated carbocycles. The summed E-state index contributed by atoms with van der Waals surface area (Å²) < 4.78 is 0. The van der Waals surface area contributed by atoms with Gasteiger partial charge in [0.05, 0.1) is 5.54 Å². The van der Waals surface area contributed by atoms with Crippen molar-refractivity contribution >= 4 is 42.4 Å². The number of piperidine rings is 1. The van der Waals surface area contributed by atoms with Gasteiger partial charge in [0.25, 0.3) is 0 Å². The zero-order valence-electron chi connectivity index (χ0n) is 16.3. The summed E-state index contributed by atoms with van der Waals surface area (Å²) in [6.45, 7) is 4.92. The number of nitrogens with two attached hydrogens (primary N) is 1. The largest absolute Gasteiger partial charge is 0.369 e. The number of nitrogens with one attached hydrogen (secondary N) is 2. The predicted molar refractivity (Wildman–Crippen MR) is 115 cm³/mol. The molecule has 0 radical (unpaired) electrons. The Morgan fingerprint density at radius 2 is 2.07 bits per heavy atom. The van der Waals surface area contributed by atoms with Gasteiger partial charge in [0.2, 0.25) is 11.8 Å². The minimum absolute atomic E-state index is 0. The Hall–Kier alpha value is -1.57. The van der Waals surface area contributed by atoms with E-state index in [9.17, 15) is 9.59 Å². The molecule has 2 aliphatic heterocycles. The Morgan fingerprint density at radius 1 is 1.36 bits per heavy atom. The van der Waals surface area contributed by atoms with E-state index in [0.29, 0.717) is 6.54 Å². The maximum absolute atomic E-state index is 12.7. The van der Waals surface area contributed by atoms with E-state index in [2.05, 4.69) is 27.4 Å². The van der Waals surface area contributed by atoms with E-state index >= 15 is 0 Å². The fourth-order valence-electron chi connectivity index (χ4n) is 4.04. The highest BCUT2D eigenvalue weighted by molar-refractivity contribution is 5.86. The summed E-state index contributed by atoms with van der Waals surface area (Å²) in [6, 6.07) is 3.90. The number of nitrogens with zero attached hydrogens (tertiary/aromatic N) is 2. The smallest absolute Gasteiger partial charge is 0.240 e. The van der Waals surface area contributed by atoms with E-state index in [1.54, 1.807) is 6.20 Å². The normalized spacial score (nSPS) is 22.1. The predicted octanol–water partition coefficient (Wildman–Crippen LogP) is 1.78. The molecule has 158 valence electrons. The van der Waals surface area contributed by atoms with Crippen molar-refractivity contribution in [3.63, 3.8) is 0 Å². The maximum atomic E-state index is 12.7. The van der Waals surface area contributed by atoms with Crippen LogP contribution in [0.4, 0.5) is 5.82 Å². The second-order valence-corrected chi connectivity index (χ2v) is 7.30. The Labute approximate surface area is 179 Å². The van der Waals surface area contributed by atoms with E-state index < -0.39 is 5.54 Å². The molecule has 1 aromatic heterocycles. The third-order valence-corrected chi connectivity index (χ3v) is 5.79. The Bertz CT molecular complexity index is 659. The third kappa shape index (κ3) is 5.27. The van der Waals surface area contributed by atoms with Gasteiger partial charge in [0.1, 0.15) is 5.82 Å². The molecule has 3 heterocycles. The molecule has 2 amide bonds. The van der Waals surface area contributed by atoms with Gasteiger partial charge in [-0.1, -0.05) is 13.0 Å². The Balaban J connectivity index is 0.00000196. The maximum Gasteiger partial charge on any atom is 0.240 e. The van der Waals surface area contributed by atoms with Gasteiger partial charge in [0, 0.05) is 37.3 Å². The van der Waals surface area contributed by atoms with Gasteiger partial charge in [-0.3, -0.25) is 9.59 Å². The highest BCUT2D eigenvalue weighted by Crippen LogP contribution is 2.26. The van der Waals surface area contributed by atoms with Gasteiger partial charge in [-0.2, -0.15) is 0 Å². The number of amides is 2. The van der Waals surface area contributed by atoms with Crippen molar-refractivity contribution in [1.29, 1.82) is 0 Å². The van der Waals surface area contributed by atoms with E-state index in [1.807, 2.05) is 12.1 Å². The quantitative estimate of drug-likeness (QED) is 0.636. The van der Waals surface area contributed by atoms with Crippen LogP contribution in [0.1, 0.15) is 44.6 Å². The molecule has 1 atom stereocenters. The van der Waals surface area contributed by atoms with Gasteiger partial charge in [-0.25, -0.2) is 4.98 Å². The van der Waals surface area contributed by atoms with Gasteiger partial charge in [0.15, 0.2) is 0 Å². The molecular formula is C19H31Cl2N5O2. The average molecular weight is 432 g/mol. The highest BCUT2D eigenvalue weighted by Gasteiger charge is 2.38. The molecule has 9 heteroatoms. The monoisotopic (exact) mass is 431 g/mol. The second-order valence-electron chi connectivity index (χ2n) is 7.30. The zero-order valence-corrected chi connectivity index (χ0v) is 17.9. The Kier molecular flexibility index (Phi) is 9.47. The molecule has 3 rings (SSSR count). The number of carbonyl (C=O) groups excluding carboxylic acids is 2. The Morgan fingerprint density at radius 3 is 2.64 bits per heavy atom. The van der Waals surface area contributed by atoms with Crippen LogP contribution >= 0.6 is 24.8 Å². The number of carbonyl (C=O) groups is 2. The number of hydrogen-bond donors (Lipinski definition) is 3. The number of primary amides is 1. The molecule has 7 nitrogen and oxygen atoms in total. The summed E-state index contributed by atoms with van der Waals surface area (Å²) in [7, 11) is 0. The van der Waals surface area contributed by atoms with Gasteiger partial charge >= 0.3 is 0 Å². The van der Waals surface area contributed by atoms with Crippen LogP contribution in [0.5, 0.6) is 0 Å². The van der Waals surface area contributed by atoms with Crippen LogP contribution in [0.15, 0.2) is 18.3 Å². The lowest BCUT2D eigenvalue weighted by Crippen LogP contribution is -2.52. The van der Waals surface area contributed by atoms with Crippen LogP contribution in [0.2, 0.25) is 0 Å². The molecule has 0 aromatic carbocycles. The zero-order chi connectivity index (χ0) is 18.6. The molecule has 2 saturated heterocycles. The third-order valence-electron chi connectivity index (χ3n) is 5.79. The summed E-state index contributed by atoms with van der Waals surface area (Å²) >= 11 is 0. The number of halogens is 2. The van der Waals surface area contributed by atoms with Crippen molar-refractivity contribution in [1.82, 2.24) is 15.6 Å². The molecular weight excluding hydrogens is 401 g/mol. The molecule has 2 aliphatic rings. The minimum Gasteiger partial charge on any atom is -0.369 e. The highest BCUT2D eigenvalue weighted by atomic mass is 35.5. The lowest BCUT2D eigenvalue weighted by atomic mass is 9.93. The van der Waals surface area contributed by atoms with Crippen molar-refractivity contribution in [3.05, 3.63) is 23.9 Å². The molecule has 0 bridgehead atoms. The molecule has 0 spiro atoms. The lowest BCUT2D eigenvalue weighted by molar-refractivity contribution is -0.127. The number of aromatic nitrogens is 1. The van der Waals surface area contributed by atoms with E-state index in [4.69, 9.17) is 5.73 Å². The van der Waals surface area contributed by atoms with E-state index in [-0.39, 0.29) is 42.5 Å². The number of pyridine rings is 1. The topological polar surface area (TPSA) is 100 Å². The SMILES string of the molecule is CCC1(C(=O)NCc2cccnc2N2CCC(C(N)=O)CC2)CCCN1.Cl.Cl. The van der Waals surface area contributed by atoms with Crippen molar-refractivity contribution < 1.29 is 9.59 Å². The fourth-order valence-corrected chi connectivity index (χ4v) is 4.04. The molecule has 1 unspecified atom stereocenters. The average Bonchev–Trinajstić information content (AvgIpc) is 3.17. The number of anilines is 1. The first-order valence-corrected chi connectivity index (χ1v) is 9.57.